The molecule has 2 aliphatic rings. The van der Waals surface area contributed by atoms with Gasteiger partial charge in [0.25, 0.3) is 0 Å². The second kappa shape index (κ2) is 8.96. The van der Waals surface area contributed by atoms with Gasteiger partial charge < -0.3 is 15.0 Å². The second-order valence-electron chi connectivity index (χ2n) is 7.77. The summed E-state index contributed by atoms with van der Waals surface area (Å²) in [5.74, 6) is 0.637. The van der Waals surface area contributed by atoms with Gasteiger partial charge in [0.1, 0.15) is 11.9 Å². The van der Waals surface area contributed by atoms with Crippen molar-refractivity contribution in [2.45, 2.75) is 32.3 Å². The van der Waals surface area contributed by atoms with E-state index in [1.807, 2.05) is 34.1 Å². The third-order valence-corrected chi connectivity index (χ3v) is 6.02. The summed E-state index contributed by atoms with van der Waals surface area (Å²) in [6.45, 7) is 3.73. The summed E-state index contributed by atoms with van der Waals surface area (Å²) in [6.07, 6.45) is 2.12. The topological polar surface area (TPSA) is 61.9 Å². The molecule has 4 rings (SSSR count). The average molecular weight is 428 g/mol. The van der Waals surface area contributed by atoms with Crippen LogP contribution >= 0.6 is 11.6 Å². The molecule has 2 aromatic carbocycles. The minimum atomic E-state index is -0.106. The molecule has 30 heavy (non-hydrogen) atoms. The van der Waals surface area contributed by atoms with Gasteiger partial charge in [-0.05, 0) is 55.7 Å². The summed E-state index contributed by atoms with van der Waals surface area (Å²) >= 11 is 5.89. The number of piperidine rings is 1. The summed E-state index contributed by atoms with van der Waals surface area (Å²) in [4.78, 5) is 29.5. The Morgan fingerprint density at radius 2 is 1.80 bits per heavy atom. The van der Waals surface area contributed by atoms with E-state index < -0.39 is 0 Å². The number of hydrogen-bond donors (Lipinski definition) is 1. The lowest BCUT2D eigenvalue weighted by atomic mass is 9.96. The van der Waals surface area contributed by atoms with Crippen molar-refractivity contribution in [3.8, 4) is 5.75 Å². The van der Waals surface area contributed by atoms with Crippen molar-refractivity contribution in [2.24, 2.45) is 5.92 Å². The minimum absolute atomic E-state index is 0.00723. The maximum atomic E-state index is 13.3. The number of anilines is 2. The number of nitrogens with zero attached hydrogens (tertiary/aromatic N) is 2. The van der Waals surface area contributed by atoms with Crippen LogP contribution < -0.4 is 15.0 Å². The Hall–Kier alpha value is -2.73. The molecule has 2 heterocycles. The fraction of sp³-hybridized carbons (Fsp3) is 0.391. The van der Waals surface area contributed by atoms with Crippen LogP contribution in [0.3, 0.4) is 0 Å². The molecule has 0 saturated carbocycles. The lowest BCUT2D eigenvalue weighted by molar-refractivity contribution is -0.121. The van der Waals surface area contributed by atoms with E-state index >= 15 is 0 Å². The first kappa shape index (κ1) is 20.5. The molecule has 0 unspecified atom stereocenters. The van der Waals surface area contributed by atoms with Gasteiger partial charge >= 0.3 is 6.03 Å². The number of hydrogen-bond acceptors (Lipinski definition) is 3. The number of likely N-dealkylation sites (tertiary alicyclic amines) is 1. The lowest BCUT2D eigenvalue weighted by Crippen LogP contribution is -2.52. The van der Waals surface area contributed by atoms with Crippen LogP contribution in [0, 0.1) is 5.92 Å². The zero-order valence-electron chi connectivity index (χ0n) is 17.0. The number of urea groups is 1. The fourth-order valence-electron chi connectivity index (χ4n) is 3.97. The smallest absolute Gasteiger partial charge is 0.324 e. The zero-order chi connectivity index (χ0) is 21.1. The van der Waals surface area contributed by atoms with Crippen molar-refractivity contribution in [1.82, 2.24) is 4.90 Å². The Kier molecular flexibility index (Phi) is 6.13. The number of ether oxygens (including phenoxy) is 1. The van der Waals surface area contributed by atoms with Crippen LogP contribution in [-0.2, 0) is 4.79 Å². The SMILES string of the molecule is CC[C@H]1CN(C(=O)N2CCC(C(=O)Nc3ccc(Cl)cc3)CC2)c2ccccc2O1. The van der Waals surface area contributed by atoms with Crippen molar-refractivity contribution in [3.05, 3.63) is 53.6 Å². The van der Waals surface area contributed by atoms with Gasteiger partial charge in [-0.2, -0.15) is 0 Å². The highest BCUT2D eigenvalue weighted by Gasteiger charge is 2.34. The van der Waals surface area contributed by atoms with Crippen LogP contribution in [0.5, 0.6) is 5.75 Å². The molecule has 0 spiro atoms. The number of benzene rings is 2. The van der Waals surface area contributed by atoms with Crippen LogP contribution in [-0.4, -0.2) is 42.6 Å². The molecule has 7 heteroatoms. The minimum Gasteiger partial charge on any atom is -0.486 e. The number of rotatable bonds is 3. The van der Waals surface area contributed by atoms with Gasteiger partial charge in [0.15, 0.2) is 0 Å². The van der Waals surface area contributed by atoms with Gasteiger partial charge in [-0.3, -0.25) is 9.69 Å². The number of nitrogens with one attached hydrogen (secondary N) is 1. The van der Waals surface area contributed by atoms with E-state index in [2.05, 4.69) is 12.2 Å². The molecule has 2 aromatic rings. The van der Waals surface area contributed by atoms with E-state index in [1.54, 1.807) is 24.3 Å². The zero-order valence-corrected chi connectivity index (χ0v) is 17.8. The largest absolute Gasteiger partial charge is 0.486 e. The summed E-state index contributed by atoms with van der Waals surface area (Å²) in [6, 6.07) is 14.7. The second-order valence-corrected chi connectivity index (χ2v) is 8.20. The van der Waals surface area contributed by atoms with Crippen LogP contribution in [0.15, 0.2) is 48.5 Å². The Labute approximate surface area is 181 Å². The maximum absolute atomic E-state index is 13.3. The number of halogens is 1. The molecular weight excluding hydrogens is 402 g/mol. The van der Waals surface area contributed by atoms with Crippen molar-refractivity contribution in [2.75, 3.05) is 29.9 Å². The molecule has 0 bridgehead atoms. The first-order valence-corrected chi connectivity index (χ1v) is 10.8. The Morgan fingerprint density at radius 3 is 2.50 bits per heavy atom. The molecule has 6 nitrogen and oxygen atoms in total. The third-order valence-electron chi connectivity index (χ3n) is 5.77. The van der Waals surface area contributed by atoms with Crippen molar-refractivity contribution in [3.63, 3.8) is 0 Å². The van der Waals surface area contributed by atoms with E-state index in [1.165, 1.54) is 0 Å². The molecule has 0 aromatic heterocycles. The maximum Gasteiger partial charge on any atom is 0.324 e. The van der Waals surface area contributed by atoms with Gasteiger partial charge in [0.2, 0.25) is 5.91 Å². The van der Waals surface area contributed by atoms with Crippen molar-refractivity contribution < 1.29 is 14.3 Å². The summed E-state index contributed by atoms with van der Waals surface area (Å²) < 4.78 is 5.99. The van der Waals surface area contributed by atoms with E-state index in [0.717, 1.165) is 23.5 Å². The van der Waals surface area contributed by atoms with E-state index in [-0.39, 0.29) is 24.0 Å². The number of carbonyl (C=O) groups is 2. The van der Waals surface area contributed by atoms with Crippen molar-refractivity contribution >= 4 is 34.9 Å². The number of fused-ring (bicyclic) bond motifs is 1. The first-order chi connectivity index (χ1) is 14.5. The predicted octanol–water partition coefficient (Wildman–Crippen LogP) is 4.79. The molecular formula is C23H26ClN3O3. The number of para-hydroxylation sites is 2. The number of carbonyl (C=O) groups excluding carboxylic acids is 2. The van der Waals surface area contributed by atoms with E-state index in [9.17, 15) is 9.59 Å². The number of amides is 3. The van der Waals surface area contributed by atoms with Gasteiger partial charge in [-0.25, -0.2) is 4.79 Å². The van der Waals surface area contributed by atoms with Gasteiger partial charge in [-0.15, -0.1) is 0 Å². The van der Waals surface area contributed by atoms with Gasteiger partial charge in [0, 0.05) is 29.7 Å². The van der Waals surface area contributed by atoms with Crippen molar-refractivity contribution in [1.29, 1.82) is 0 Å². The van der Waals surface area contributed by atoms with Crippen LogP contribution in [0.25, 0.3) is 0 Å². The Bertz CT molecular complexity index is 910. The normalized spacial score (nSPS) is 19.1. The molecule has 1 fully saturated rings. The molecule has 0 radical (unpaired) electrons. The molecule has 0 aliphatic carbocycles. The Balaban J connectivity index is 1.37. The molecule has 2 aliphatic heterocycles. The highest BCUT2D eigenvalue weighted by molar-refractivity contribution is 6.30. The van der Waals surface area contributed by atoms with Crippen LogP contribution in [0.4, 0.5) is 16.2 Å². The third kappa shape index (κ3) is 4.38. The monoisotopic (exact) mass is 427 g/mol. The highest BCUT2D eigenvalue weighted by atomic mass is 35.5. The summed E-state index contributed by atoms with van der Waals surface area (Å²) in [5, 5.41) is 3.58. The summed E-state index contributed by atoms with van der Waals surface area (Å²) in [5.41, 5.74) is 1.55. The molecule has 1 saturated heterocycles. The summed E-state index contributed by atoms with van der Waals surface area (Å²) in [7, 11) is 0. The van der Waals surface area contributed by atoms with Crippen LogP contribution in [0.2, 0.25) is 5.02 Å². The first-order valence-electron chi connectivity index (χ1n) is 10.4. The molecule has 158 valence electrons. The van der Waals surface area contributed by atoms with E-state index in [4.69, 9.17) is 16.3 Å². The quantitative estimate of drug-likeness (QED) is 0.766. The molecule has 1 N–H and O–H groups in total. The molecule has 1 atom stereocenters. The average Bonchev–Trinajstić information content (AvgIpc) is 2.79. The van der Waals surface area contributed by atoms with E-state index in [0.29, 0.717) is 37.5 Å². The van der Waals surface area contributed by atoms with Gasteiger partial charge in [-0.1, -0.05) is 30.7 Å². The lowest BCUT2D eigenvalue weighted by Gasteiger charge is -2.39. The highest BCUT2D eigenvalue weighted by Crippen LogP contribution is 2.35. The Morgan fingerprint density at radius 1 is 1.10 bits per heavy atom. The van der Waals surface area contributed by atoms with Gasteiger partial charge in [0.05, 0.1) is 12.2 Å². The van der Waals surface area contributed by atoms with Crippen LogP contribution in [0.1, 0.15) is 26.2 Å². The molecule has 3 amide bonds. The fourth-order valence-corrected chi connectivity index (χ4v) is 4.10. The standard InChI is InChI=1S/C23H26ClN3O3/c1-2-19-15-27(20-5-3-4-6-21(20)30-19)23(29)26-13-11-16(12-14-26)22(28)25-18-9-7-17(24)8-10-18/h3-10,16,19H,2,11-15H2,1H3,(H,25,28)/t19-/m0/s1. The predicted molar refractivity (Wildman–Crippen MR) is 118 cm³/mol.